The molecular formula is C20H34IN5O. The maximum atomic E-state index is 5.69. The summed E-state index contributed by atoms with van der Waals surface area (Å²) >= 11 is 0. The van der Waals surface area contributed by atoms with Crippen LogP contribution >= 0.6 is 24.0 Å². The van der Waals surface area contributed by atoms with Crippen molar-refractivity contribution < 1.29 is 4.74 Å². The standard InChI is InChI=1S/C20H33N5O.HI/c1-3-10-25-11-8-18(9-12-25)24-20(21-2)23-14-17-6-7-19(22-13-17)26-15-16-4-5-16;/h6-7,13,16,18H,3-5,8-12,14-15H2,1-2H3,(H2,21,23,24);1H. The third-order valence-electron chi connectivity index (χ3n) is 5.11. The smallest absolute Gasteiger partial charge is 0.213 e. The molecule has 1 aromatic rings. The van der Waals surface area contributed by atoms with Crippen LogP contribution in [0.25, 0.3) is 0 Å². The number of halogens is 1. The molecule has 0 radical (unpaired) electrons. The van der Waals surface area contributed by atoms with E-state index in [1.165, 1.54) is 51.7 Å². The monoisotopic (exact) mass is 487 g/mol. The van der Waals surface area contributed by atoms with E-state index in [2.05, 4.69) is 38.5 Å². The summed E-state index contributed by atoms with van der Waals surface area (Å²) in [6.07, 6.45) is 8.06. The van der Waals surface area contributed by atoms with Crippen LogP contribution in [0.3, 0.4) is 0 Å². The summed E-state index contributed by atoms with van der Waals surface area (Å²) in [6.45, 7) is 7.33. The quantitative estimate of drug-likeness (QED) is 0.336. The Morgan fingerprint density at radius 1 is 1.26 bits per heavy atom. The van der Waals surface area contributed by atoms with Crippen LogP contribution in [0.4, 0.5) is 0 Å². The van der Waals surface area contributed by atoms with Crippen LogP contribution in [-0.4, -0.2) is 55.2 Å². The number of hydrogen-bond donors (Lipinski definition) is 2. The molecule has 1 saturated heterocycles. The molecule has 1 saturated carbocycles. The van der Waals surface area contributed by atoms with E-state index >= 15 is 0 Å². The van der Waals surface area contributed by atoms with Gasteiger partial charge < -0.3 is 20.3 Å². The van der Waals surface area contributed by atoms with Crippen molar-refractivity contribution in [3.63, 3.8) is 0 Å². The highest BCUT2D eigenvalue weighted by Gasteiger charge is 2.22. The lowest BCUT2D eigenvalue weighted by molar-refractivity contribution is 0.206. The van der Waals surface area contributed by atoms with Crippen molar-refractivity contribution >= 4 is 29.9 Å². The summed E-state index contributed by atoms with van der Waals surface area (Å²) in [5, 5.41) is 6.95. The largest absolute Gasteiger partial charge is 0.477 e. The van der Waals surface area contributed by atoms with E-state index in [-0.39, 0.29) is 24.0 Å². The zero-order valence-corrected chi connectivity index (χ0v) is 18.9. The molecule has 6 nitrogen and oxygen atoms in total. The first-order valence-corrected chi connectivity index (χ1v) is 10.0. The number of aliphatic imine (C=N–C) groups is 1. The Kier molecular flexibility index (Phi) is 9.61. The number of hydrogen-bond acceptors (Lipinski definition) is 4. The third-order valence-corrected chi connectivity index (χ3v) is 5.11. The zero-order valence-electron chi connectivity index (χ0n) is 16.6. The van der Waals surface area contributed by atoms with Crippen molar-refractivity contribution in [2.45, 2.75) is 51.6 Å². The van der Waals surface area contributed by atoms with Crippen molar-refractivity contribution in [3.8, 4) is 5.88 Å². The van der Waals surface area contributed by atoms with E-state index < -0.39 is 0 Å². The number of piperidine rings is 1. The van der Waals surface area contributed by atoms with Gasteiger partial charge >= 0.3 is 0 Å². The molecule has 27 heavy (non-hydrogen) atoms. The van der Waals surface area contributed by atoms with Crippen molar-refractivity contribution in [2.24, 2.45) is 10.9 Å². The lowest BCUT2D eigenvalue weighted by Crippen LogP contribution is -2.48. The van der Waals surface area contributed by atoms with Crippen LogP contribution in [0.15, 0.2) is 23.3 Å². The summed E-state index contributed by atoms with van der Waals surface area (Å²) in [5.74, 6) is 2.34. The fourth-order valence-electron chi connectivity index (χ4n) is 3.28. The average molecular weight is 487 g/mol. The van der Waals surface area contributed by atoms with Gasteiger partial charge in [0.25, 0.3) is 0 Å². The van der Waals surface area contributed by atoms with E-state index in [1.54, 1.807) is 0 Å². The number of pyridine rings is 1. The minimum Gasteiger partial charge on any atom is -0.477 e. The number of nitrogens with one attached hydrogen (secondary N) is 2. The predicted octanol–water partition coefficient (Wildman–Crippen LogP) is 3.03. The number of ether oxygens (including phenoxy) is 1. The van der Waals surface area contributed by atoms with Gasteiger partial charge in [-0.15, -0.1) is 24.0 Å². The highest BCUT2D eigenvalue weighted by atomic mass is 127. The molecule has 1 aliphatic carbocycles. The van der Waals surface area contributed by atoms with E-state index in [4.69, 9.17) is 4.74 Å². The molecule has 0 atom stereocenters. The van der Waals surface area contributed by atoms with Crippen molar-refractivity contribution in [3.05, 3.63) is 23.9 Å². The molecule has 0 amide bonds. The molecule has 1 aromatic heterocycles. The van der Waals surface area contributed by atoms with Gasteiger partial charge in [0, 0.05) is 45.0 Å². The van der Waals surface area contributed by atoms with Gasteiger partial charge in [0.05, 0.1) is 6.61 Å². The third kappa shape index (κ3) is 7.81. The lowest BCUT2D eigenvalue weighted by atomic mass is 10.1. The molecule has 2 aliphatic rings. The number of rotatable bonds is 8. The molecule has 1 aliphatic heterocycles. The van der Waals surface area contributed by atoms with Crippen molar-refractivity contribution in [1.82, 2.24) is 20.5 Å². The number of guanidine groups is 1. The molecular weight excluding hydrogens is 453 g/mol. The molecule has 3 rings (SSSR count). The number of aromatic nitrogens is 1. The Balaban J connectivity index is 0.00000261. The van der Waals surface area contributed by atoms with Crippen LogP contribution in [0.1, 0.15) is 44.6 Å². The minimum atomic E-state index is 0. The van der Waals surface area contributed by atoms with Gasteiger partial charge in [-0.3, -0.25) is 4.99 Å². The topological polar surface area (TPSA) is 61.8 Å². The molecule has 152 valence electrons. The Morgan fingerprint density at radius 3 is 2.63 bits per heavy atom. The van der Waals surface area contributed by atoms with Gasteiger partial charge in [0.1, 0.15) is 0 Å². The van der Waals surface area contributed by atoms with Crippen molar-refractivity contribution in [2.75, 3.05) is 33.3 Å². The van der Waals surface area contributed by atoms with E-state index in [1.807, 2.05) is 19.3 Å². The fourth-order valence-corrected chi connectivity index (χ4v) is 3.28. The lowest BCUT2D eigenvalue weighted by Gasteiger charge is -2.32. The average Bonchev–Trinajstić information content (AvgIpc) is 3.50. The van der Waals surface area contributed by atoms with Gasteiger partial charge in [-0.1, -0.05) is 13.0 Å². The van der Waals surface area contributed by atoms with Crippen LogP contribution in [0.2, 0.25) is 0 Å². The van der Waals surface area contributed by atoms with E-state index in [0.29, 0.717) is 12.6 Å². The van der Waals surface area contributed by atoms with E-state index in [0.717, 1.165) is 29.9 Å². The Bertz CT molecular complexity index is 568. The first-order chi connectivity index (χ1) is 12.8. The molecule has 0 bridgehead atoms. The van der Waals surface area contributed by atoms with Crippen LogP contribution < -0.4 is 15.4 Å². The van der Waals surface area contributed by atoms with Crippen molar-refractivity contribution in [1.29, 1.82) is 0 Å². The first kappa shape index (κ1) is 22.2. The Labute approximate surface area is 180 Å². The van der Waals surface area contributed by atoms with Crippen LogP contribution in [-0.2, 0) is 6.54 Å². The summed E-state index contributed by atoms with van der Waals surface area (Å²) in [6, 6.07) is 4.53. The fraction of sp³-hybridized carbons (Fsp3) is 0.700. The summed E-state index contributed by atoms with van der Waals surface area (Å²) in [5.41, 5.74) is 1.13. The maximum absolute atomic E-state index is 5.69. The predicted molar refractivity (Wildman–Crippen MR) is 121 cm³/mol. The molecule has 0 spiro atoms. The molecule has 0 aromatic carbocycles. The number of nitrogens with zero attached hydrogens (tertiary/aromatic N) is 3. The normalized spacial score (nSPS) is 18.7. The van der Waals surface area contributed by atoms with Gasteiger partial charge in [0.15, 0.2) is 5.96 Å². The first-order valence-electron chi connectivity index (χ1n) is 10.0. The molecule has 7 heteroatoms. The summed E-state index contributed by atoms with van der Waals surface area (Å²) < 4.78 is 5.69. The highest BCUT2D eigenvalue weighted by molar-refractivity contribution is 14.0. The zero-order chi connectivity index (χ0) is 18.2. The second kappa shape index (κ2) is 11.7. The second-order valence-electron chi connectivity index (χ2n) is 7.45. The maximum Gasteiger partial charge on any atom is 0.213 e. The molecule has 2 N–H and O–H groups in total. The summed E-state index contributed by atoms with van der Waals surface area (Å²) in [7, 11) is 1.83. The summed E-state index contributed by atoms with van der Waals surface area (Å²) in [4.78, 5) is 11.3. The second-order valence-corrected chi connectivity index (χ2v) is 7.45. The molecule has 0 unspecified atom stereocenters. The Morgan fingerprint density at radius 2 is 2.04 bits per heavy atom. The number of likely N-dealkylation sites (tertiary alicyclic amines) is 1. The highest BCUT2D eigenvalue weighted by Crippen LogP contribution is 2.29. The van der Waals surface area contributed by atoms with Crippen LogP contribution in [0, 0.1) is 5.92 Å². The Hall–Kier alpha value is -1.09. The van der Waals surface area contributed by atoms with E-state index in [9.17, 15) is 0 Å². The SMILES string of the molecule is CCCN1CCC(NC(=NC)NCc2ccc(OCC3CC3)nc2)CC1.I. The van der Waals surface area contributed by atoms with Crippen LogP contribution in [0.5, 0.6) is 5.88 Å². The molecule has 2 heterocycles. The van der Waals surface area contributed by atoms with Gasteiger partial charge in [-0.05, 0) is 50.1 Å². The minimum absolute atomic E-state index is 0. The van der Waals surface area contributed by atoms with Gasteiger partial charge in [-0.25, -0.2) is 4.98 Å². The van der Waals surface area contributed by atoms with Gasteiger partial charge in [0.2, 0.25) is 5.88 Å². The molecule has 2 fully saturated rings. The van der Waals surface area contributed by atoms with Gasteiger partial charge in [-0.2, -0.15) is 0 Å².